The van der Waals surface area contributed by atoms with Crippen LogP contribution in [0.3, 0.4) is 0 Å². The molecule has 0 radical (unpaired) electrons. The van der Waals surface area contributed by atoms with E-state index in [2.05, 4.69) is 21.2 Å². The van der Waals surface area contributed by atoms with Gasteiger partial charge in [-0.2, -0.15) is 0 Å². The number of benzene rings is 1. The number of hydrogen-bond acceptors (Lipinski definition) is 1. The van der Waals surface area contributed by atoms with Crippen LogP contribution in [0, 0.1) is 0 Å². The lowest BCUT2D eigenvalue weighted by Crippen LogP contribution is -2.23. The molecule has 1 aromatic carbocycles. The second-order valence-corrected chi connectivity index (χ2v) is 4.01. The average Bonchev–Trinajstić information content (AvgIpc) is 2.10. The van der Waals surface area contributed by atoms with Gasteiger partial charge in [-0.3, -0.25) is 0 Å². The predicted octanol–water partition coefficient (Wildman–Crippen LogP) is 2.91. The lowest BCUT2D eigenvalue weighted by atomic mass is 10.1. The van der Waals surface area contributed by atoms with Crippen molar-refractivity contribution < 1.29 is 9.90 Å². The third-order valence-corrected chi connectivity index (χ3v) is 2.69. The van der Waals surface area contributed by atoms with E-state index in [1.54, 1.807) is 6.07 Å². The zero-order valence-corrected chi connectivity index (χ0v) is 9.60. The molecule has 0 unspecified atom stereocenters. The van der Waals surface area contributed by atoms with Crippen molar-refractivity contribution in [3.05, 3.63) is 33.3 Å². The molecular formula is C9H9BrClNO2. The van der Waals surface area contributed by atoms with Gasteiger partial charge in [0.05, 0.1) is 0 Å². The summed E-state index contributed by atoms with van der Waals surface area (Å²) in [5.74, 6) is 0. The highest BCUT2D eigenvalue weighted by Crippen LogP contribution is 2.21. The predicted molar refractivity (Wildman–Crippen MR) is 58.9 cm³/mol. The van der Waals surface area contributed by atoms with Crippen LogP contribution in [0.25, 0.3) is 0 Å². The summed E-state index contributed by atoms with van der Waals surface area (Å²) in [4.78, 5) is 10.2. The average molecular weight is 279 g/mol. The minimum absolute atomic E-state index is 0.383. The first kappa shape index (κ1) is 11.3. The van der Waals surface area contributed by atoms with E-state index in [0.717, 1.165) is 10.0 Å². The quantitative estimate of drug-likeness (QED) is 0.893. The Hall–Kier alpha value is -0.740. The smallest absolute Gasteiger partial charge is 0.404 e. The molecule has 5 heteroatoms. The first-order valence-electron chi connectivity index (χ1n) is 4.00. The SMILES string of the molecule is O=C(O)NCCc1cc(Cl)ccc1Br. The van der Waals surface area contributed by atoms with Crippen molar-refractivity contribution in [3.63, 3.8) is 0 Å². The van der Waals surface area contributed by atoms with Gasteiger partial charge in [-0.05, 0) is 30.2 Å². The minimum atomic E-state index is -1.01. The molecule has 2 N–H and O–H groups in total. The third kappa shape index (κ3) is 3.55. The van der Waals surface area contributed by atoms with E-state index in [-0.39, 0.29) is 0 Å². The molecule has 0 aliphatic heterocycles. The molecule has 76 valence electrons. The number of amides is 1. The molecule has 0 spiro atoms. The molecule has 0 fully saturated rings. The fourth-order valence-corrected chi connectivity index (χ4v) is 1.68. The van der Waals surface area contributed by atoms with E-state index in [4.69, 9.17) is 16.7 Å². The standard InChI is InChI=1S/C9H9BrClNO2/c10-8-2-1-7(11)5-6(8)3-4-12-9(13)14/h1-2,5,12H,3-4H2,(H,13,14). The van der Waals surface area contributed by atoms with E-state index >= 15 is 0 Å². The van der Waals surface area contributed by atoms with Gasteiger partial charge in [0.15, 0.2) is 0 Å². The Morgan fingerprint density at radius 2 is 2.29 bits per heavy atom. The summed E-state index contributed by atoms with van der Waals surface area (Å²) in [5, 5.41) is 11.3. The van der Waals surface area contributed by atoms with Crippen LogP contribution in [0.5, 0.6) is 0 Å². The van der Waals surface area contributed by atoms with Crippen LogP contribution >= 0.6 is 27.5 Å². The molecule has 14 heavy (non-hydrogen) atoms. The molecule has 0 saturated heterocycles. The molecule has 1 amide bonds. The summed E-state index contributed by atoms with van der Waals surface area (Å²) in [6, 6.07) is 5.44. The largest absolute Gasteiger partial charge is 0.465 e. The highest BCUT2D eigenvalue weighted by atomic mass is 79.9. The Labute approximate surface area is 95.2 Å². The van der Waals surface area contributed by atoms with Gasteiger partial charge in [-0.15, -0.1) is 0 Å². The number of carbonyl (C=O) groups is 1. The van der Waals surface area contributed by atoms with Crippen LogP contribution in [-0.2, 0) is 6.42 Å². The molecule has 1 rings (SSSR count). The van der Waals surface area contributed by atoms with Crippen molar-refractivity contribution in [2.24, 2.45) is 0 Å². The molecule has 0 bridgehead atoms. The van der Waals surface area contributed by atoms with E-state index in [0.29, 0.717) is 18.0 Å². The second kappa shape index (κ2) is 5.22. The van der Waals surface area contributed by atoms with Crippen molar-refractivity contribution in [3.8, 4) is 0 Å². The number of hydrogen-bond donors (Lipinski definition) is 2. The van der Waals surface area contributed by atoms with Gasteiger partial charge in [-0.1, -0.05) is 27.5 Å². The van der Waals surface area contributed by atoms with Crippen LogP contribution in [-0.4, -0.2) is 17.7 Å². The summed E-state index contributed by atoms with van der Waals surface area (Å²) in [5.41, 5.74) is 0.992. The van der Waals surface area contributed by atoms with E-state index in [1.807, 2.05) is 12.1 Å². The van der Waals surface area contributed by atoms with Gasteiger partial charge >= 0.3 is 6.09 Å². The van der Waals surface area contributed by atoms with Gasteiger partial charge in [0.1, 0.15) is 0 Å². The molecule has 0 aromatic heterocycles. The van der Waals surface area contributed by atoms with E-state index in [1.165, 1.54) is 0 Å². The normalized spacial score (nSPS) is 9.86. The fraction of sp³-hybridized carbons (Fsp3) is 0.222. The Morgan fingerprint density at radius 3 is 2.93 bits per heavy atom. The maximum atomic E-state index is 10.2. The summed E-state index contributed by atoms with van der Waals surface area (Å²) in [6.07, 6.45) is -0.392. The Balaban J connectivity index is 2.57. The number of rotatable bonds is 3. The molecule has 0 atom stereocenters. The highest BCUT2D eigenvalue weighted by molar-refractivity contribution is 9.10. The van der Waals surface area contributed by atoms with Gasteiger partial charge in [0, 0.05) is 16.0 Å². The number of halogens is 2. The summed E-state index contributed by atoms with van der Waals surface area (Å²) in [7, 11) is 0. The minimum Gasteiger partial charge on any atom is -0.465 e. The second-order valence-electron chi connectivity index (χ2n) is 2.72. The van der Waals surface area contributed by atoms with Gasteiger partial charge < -0.3 is 10.4 Å². The summed E-state index contributed by atoms with van der Waals surface area (Å²) < 4.78 is 0.939. The third-order valence-electron chi connectivity index (χ3n) is 1.68. The van der Waals surface area contributed by atoms with Crippen LogP contribution in [0.4, 0.5) is 4.79 Å². The van der Waals surface area contributed by atoms with Gasteiger partial charge in [0.25, 0.3) is 0 Å². The van der Waals surface area contributed by atoms with Crippen LogP contribution < -0.4 is 5.32 Å². The lowest BCUT2D eigenvalue weighted by Gasteiger charge is -2.04. The van der Waals surface area contributed by atoms with E-state index in [9.17, 15) is 4.79 Å². The van der Waals surface area contributed by atoms with Crippen molar-refractivity contribution in [2.75, 3.05) is 6.54 Å². The Morgan fingerprint density at radius 1 is 1.57 bits per heavy atom. The molecule has 0 saturated carbocycles. The maximum absolute atomic E-state index is 10.2. The van der Waals surface area contributed by atoms with Crippen LogP contribution in [0.2, 0.25) is 5.02 Å². The zero-order valence-electron chi connectivity index (χ0n) is 7.26. The zero-order chi connectivity index (χ0) is 10.6. The lowest BCUT2D eigenvalue weighted by molar-refractivity contribution is 0.194. The molecular weight excluding hydrogens is 269 g/mol. The molecule has 0 aliphatic rings. The topological polar surface area (TPSA) is 49.3 Å². The summed E-state index contributed by atoms with van der Waals surface area (Å²) >= 11 is 9.16. The van der Waals surface area contributed by atoms with Crippen LogP contribution in [0.15, 0.2) is 22.7 Å². The maximum Gasteiger partial charge on any atom is 0.404 e. The van der Waals surface area contributed by atoms with Crippen molar-refractivity contribution in [1.29, 1.82) is 0 Å². The first-order valence-corrected chi connectivity index (χ1v) is 5.17. The van der Waals surface area contributed by atoms with Gasteiger partial charge in [0.2, 0.25) is 0 Å². The Bertz CT molecular complexity index is 344. The van der Waals surface area contributed by atoms with Crippen molar-refractivity contribution >= 4 is 33.6 Å². The number of nitrogens with one attached hydrogen (secondary N) is 1. The Kier molecular flexibility index (Phi) is 4.22. The van der Waals surface area contributed by atoms with Gasteiger partial charge in [-0.25, -0.2) is 4.79 Å². The number of carboxylic acid groups (broad SMARTS) is 1. The molecule has 0 aliphatic carbocycles. The molecule has 0 heterocycles. The monoisotopic (exact) mass is 277 g/mol. The van der Waals surface area contributed by atoms with Crippen LogP contribution in [0.1, 0.15) is 5.56 Å². The first-order chi connectivity index (χ1) is 6.59. The van der Waals surface area contributed by atoms with Crippen molar-refractivity contribution in [1.82, 2.24) is 5.32 Å². The summed E-state index contributed by atoms with van der Waals surface area (Å²) in [6.45, 7) is 0.383. The highest BCUT2D eigenvalue weighted by Gasteiger charge is 2.01. The van der Waals surface area contributed by atoms with E-state index < -0.39 is 6.09 Å². The molecule has 3 nitrogen and oxygen atoms in total. The van der Waals surface area contributed by atoms with Crippen molar-refractivity contribution in [2.45, 2.75) is 6.42 Å². The fourth-order valence-electron chi connectivity index (χ4n) is 1.04. The molecule has 1 aromatic rings.